The molecule has 2 heterocycles. The molecule has 1 aliphatic heterocycles. The summed E-state index contributed by atoms with van der Waals surface area (Å²) in [7, 11) is 0. The lowest BCUT2D eigenvalue weighted by atomic mass is 10.0. The van der Waals surface area contributed by atoms with Crippen LogP contribution in [-0.2, 0) is 13.1 Å². The van der Waals surface area contributed by atoms with Crippen LogP contribution in [0.2, 0.25) is 0 Å². The van der Waals surface area contributed by atoms with Gasteiger partial charge in [-0.1, -0.05) is 5.16 Å². The maximum absolute atomic E-state index is 5.41. The van der Waals surface area contributed by atoms with E-state index in [0.29, 0.717) is 12.4 Å². The summed E-state index contributed by atoms with van der Waals surface area (Å²) >= 11 is 0. The summed E-state index contributed by atoms with van der Waals surface area (Å²) in [5, 5.41) is 3.91. The fraction of sp³-hybridized carbons (Fsp3) is 0.800. The van der Waals surface area contributed by atoms with Gasteiger partial charge in [0.2, 0.25) is 5.89 Å². The zero-order valence-electron chi connectivity index (χ0n) is 9.77. The van der Waals surface area contributed by atoms with Crippen molar-refractivity contribution in [3.05, 3.63) is 11.7 Å². The molecule has 0 unspecified atom stereocenters. The first-order chi connectivity index (χ1) is 7.12. The molecular weight excluding hydrogens is 228 g/mol. The van der Waals surface area contributed by atoms with Crippen molar-refractivity contribution >= 4 is 12.4 Å². The third-order valence-electron chi connectivity index (χ3n) is 3.09. The van der Waals surface area contributed by atoms with Crippen LogP contribution in [0.25, 0.3) is 0 Å². The molecule has 92 valence electrons. The summed E-state index contributed by atoms with van der Waals surface area (Å²) in [6.45, 7) is 6.69. The van der Waals surface area contributed by atoms with Crippen molar-refractivity contribution < 1.29 is 4.52 Å². The second kappa shape index (κ2) is 5.12. The molecule has 0 aromatic carbocycles. The highest BCUT2D eigenvalue weighted by Gasteiger charge is 2.32. The number of rotatable bonds is 3. The van der Waals surface area contributed by atoms with E-state index in [2.05, 4.69) is 28.9 Å². The molecule has 0 atom stereocenters. The minimum absolute atomic E-state index is 0. The normalized spacial score (nSPS) is 19.7. The second-order valence-electron chi connectivity index (χ2n) is 4.65. The number of halogens is 1. The largest absolute Gasteiger partial charge is 0.338 e. The average Bonchev–Trinajstić information content (AvgIpc) is 2.75. The first-order valence-electron chi connectivity index (χ1n) is 5.38. The topological polar surface area (TPSA) is 68.2 Å². The molecule has 16 heavy (non-hydrogen) atoms. The molecule has 1 aromatic heterocycles. The van der Waals surface area contributed by atoms with E-state index in [4.69, 9.17) is 10.3 Å². The minimum atomic E-state index is 0. The molecule has 6 heteroatoms. The van der Waals surface area contributed by atoms with E-state index in [1.165, 1.54) is 12.8 Å². The molecule has 1 saturated heterocycles. The molecule has 1 aromatic rings. The van der Waals surface area contributed by atoms with Gasteiger partial charge in [0.1, 0.15) is 0 Å². The molecule has 1 aliphatic rings. The maximum atomic E-state index is 5.41. The number of nitrogens with zero attached hydrogens (tertiary/aromatic N) is 3. The van der Waals surface area contributed by atoms with Crippen molar-refractivity contribution in [3.63, 3.8) is 0 Å². The molecule has 0 amide bonds. The Morgan fingerprint density at radius 3 is 2.75 bits per heavy atom. The lowest BCUT2D eigenvalue weighted by Gasteiger charge is -2.30. The van der Waals surface area contributed by atoms with Crippen LogP contribution in [0.5, 0.6) is 0 Å². The Balaban J connectivity index is 0.00000128. The third kappa shape index (κ3) is 2.72. The van der Waals surface area contributed by atoms with Crippen LogP contribution in [0.15, 0.2) is 4.52 Å². The third-order valence-corrected chi connectivity index (χ3v) is 3.09. The van der Waals surface area contributed by atoms with E-state index < -0.39 is 0 Å². The van der Waals surface area contributed by atoms with Gasteiger partial charge in [-0.2, -0.15) is 4.98 Å². The Hall–Kier alpha value is -0.650. The van der Waals surface area contributed by atoms with E-state index in [9.17, 15) is 0 Å². The summed E-state index contributed by atoms with van der Waals surface area (Å²) in [6.07, 6.45) is 2.48. The van der Waals surface area contributed by atoms with E-state index in [-0.39, 0.29) is 17.9 Å². The summed E-state index contributed by atoms with van der Waals surface area (Å²) in [5.74, 6) is 1.26. The van der Waals surface area contributed by atoms with Crippen LogP contribution < -0.4 is 5.73 Å². The van der Waals surface area contributed by atoms with Gasteiger partial charge in [0.05, 0.1) is 13.1 Å². The highest BCUT2D eigenvalue weighted by Crippen LogP contribution is 2.29. The first-order valence-corrected chi connectivity index (χ1v) is 5.38. The van der Waals surface area contributed by atoms with Gasteiger partial charge in [-0.15, -0.1) is 12.4 Å². The van der Waals surface area contributed by atoms with Crippen LogP contribution in [0.3, 0.4) is 0 Å². The fourth-order valence-corrected chi connectivity index (χ4v) is 2.06. The fourth-order valence-electron chi connectivity index (χ4n) is 2.06. The average molecular weight is 247 g/mol. The first kappa shape index (κ1) is 13.4. The molecule has 5 nitrogen and oxygen atoms in total. The number of hydrogen-bond acceptors (Lipinski definition) is 5. The Kier molecular flexibility index (Phi) is 4.29. The Morgan fingerprint density at radius 2 is 2.25 bits per heavy atom. The predicted molar refractivity (Wildman–Crippen MR) is 63.2 cm³/mol. The minimum Gasteiger partial charge on any atom is -0.338 e. The zero-order chi connectivity index (χ0) is 10.9. The molecule has 0 bridgehead atoms. The number of likely N-dealkylation sites (tertiary alicyclic amines) is 1. The smallest absolute Gasteiger partial charge is 0.240 e. The molecule has 2 rings (SSSR count). The number of nitrogens with two attached hydrogens (primary N) is 1. The molecule has 0 aliphatic carbocycles. The zero-order valence-corrected chi connectivity index (χ0v) is 10.6. The molecular formula is C10H19ClN4O. The van der Waals surface area contributed by atoms with E-state index in [0.717, 1.165) is 18.9 Å². The van der Waals surface area contributed by atoms with Crippen LogP contribution in [-0.4, -0.2) is 27.1 Å². The van der Waals surface area contributed by atoms with Gasteiger partial charge in [-0.05, 0) is 33.2 Å². The monoisotopic (exact) mass is 246 g/mol. The number of hydrogen-bond donors (Lipinski definition) is 1. The molecule has 0 radical (unpaired) electrons. The van der Waals surface area contributed by atoms with Crippen LogP contribution >= 0.6 is 12.4 Å². The van der Waals surface area contributed by atoms with Crippen LogP contribution in [0, 0.1) is 0 Å². The van der Waals surface area contributed by atoms with Crippen molar-refractivity contribution in [1.82, 2.24) is 15.0 Å². The van der Waals surface area contributed by atoms with E-state index in [1.807, 2.05) is 0 Å². The van der Waals surface area contributed by atoms with Gasteiger partial charge >= 0.3 is 0 Å². The van der Waals surface area contributed by atoms with Crippen LogP contribution in [0.1, 0.15) is 38.4 Å². The quantitative estimate of drug-likeness (QED) is 0.871. The highest BCUT2D eigenvalue weighted by atomic mass is 35.5. The van der Waals surface area contributed by atoms with Crippen LogP contribution in [0.4, 0.5) is 0 Å². The summed E-state index contributed by atoms with van der Waals surface area (Å²) in [4.78, 5) is 6.60. The van der Waals surface area contributed by atoms with Crippen molar-refractivity contribution in [2.45, 2.75) is 45.3 Å². The lowest BCUT2D eigenvalue weighted by molar-refractivity contribution is 0.160. The Bertz CT molecular complexity index is 339. The van der Waals surface area contributed by atoms with E-state index in [1.54, 1.807) is 0 Å². The Labute approximate surface area is 102 Å². The van der Waals surface area contributed by atoms with Gasteiger partial charge in [0.15, 0.2) is 5.82 Å². The number of aromatic nitrogens is 2. The van der Waals surface area contributed by atoms with Crippen molar-refractivity contribution in [2.75, 3.05) is 6.54 Å². The van der Waals surface area contributed by atoms with Gasteiger partial charge in [0, 0.05) is 5.54 Å². The van der Waals surface area contributed by atoms with Crippen molar-refractivity contribution in [1.29, 1.82) is 0 Å². The molecule has 2 N–H and O–H groups in total. The lowest BCUT2D eigenvalue weighted by Crippen LogP contribution is -2.37. The Morgan fingerprint density at radius 1 is 1.50 bits per heavy atom. The summed E-state index contributed by atoms with van der Waals surface area (Å²) in [6, 6.07) is 0. The van der Waals surface area contributed by atoms with Crippen molar-refractivity contribution in [3.8, 4) is 0 Å². The van der Waals surface area contributed by atoms with E-state index >= 15 is 0 Å². The predicted octanol–water partition coefficient (Wildman–Crippen LogP) is 1.32. The summed E-state index contributed by atoms with van der Waals surface area (Å²) in [5.41, 5.74) is 5.67. The molecule has 1 fully saturated rings. The summed E-state index contributed by atoms with van der Waals surface area (Å²) < 4.78 is 4.98. The second-order valence-corrected chi connectivity index (χ2v) is 4.65. The highest BCUT2D eigenvalue weighted by molar-refractivity contribution is 5.85. The maximum Gasteiger partial charge on any atom is 0.240 e. The standard InChI is InChI=1S/C10H18N4O.ClH/c1-10(2)4-3-5-14(10)7-8-12-9(6-11)15-13-8;/h3-7,11H2,1-2H3;1H. The SMILES string of the molecule is CC1(C)CCCN1Cc1noc(CN)n1.Cl. The van der Waals surface area contributed by atoms with Crippen molar-refractivity contribution in [2.24, 2.45) is 5.73 Å². The molecule has 0 saturated carbocycles. The van der Waals surface area contributed by atoms with Gasteiger partial charge in [0.25, 0.3) is 0 Å². The van der Waals surface area contributed by atoms with Gasteiger partial charge < -0.3 is 10.3 Å². The molecule has 0 spiro atoms. The van der Waals surface area contributed by atoms with Gasteiger partial charge in [-0.3, -0.25) is 4.90 Å². The van der Waals surface area contributed by atoms with Gasteiger partial charge in [-0.25, -0.2) is 0 Å².